The van der Waals surface area contributed by atoms with Crippen molar-refractivity contribution >= 4 is 5.97 Å². The number of hydrogen-bond acceptors (Lipinski definition) is 3. The van der Waals surface area contributed by atoms with Crippen molar-refractivity contribution in [1.82, 2.24) is 5.16 Å². The molecule has 1 aliphatic carbocycles. The predicted octanol–water partition coefficient (Wildman–Crippen LogP) is 4.33. The van der Waals surface area contributed by atoms with Crippen molar-refractivity contribution in [2.75, 3.05) is 0 Å². The lowest BCUT2D eigenvalue weighted by Crippen LogP contribution is -2.10. The van der Waals surface area contributed by atoms with Crippen LogP contribution in [0.2, 0.25) is 0 Å². The Morgan fingerprint density at radius 2 is 2.00 bits per heavy atom. The topological polar surface area (TPSA) is 63.3 Å². The minimum Gasteiger partial charge on any atom is -0.476 e. The van der Waals surface area contributed by atoms with Gasteiger partial charge in [0.25, 0.3) is 0 Å². The molecule has 1 heterocycles. The number of nitrogens with zero attached hydrogens (tertiary/aromatic N) is 1. The fourth-order valence-electron chi connectivity index (χ4n) is 3.05. The third-order valence-electron chi connectivity index (χ3n) is 4.39. The van der Waals surface area contributed by atoms with Gasteiger partial charge < -0.3 is 9.63 Å². The molecule has 0 atom stereocenters. The van der Waals surface area contributed by atoms with Crippen LogP contribution in [0.5, 0.6) is 0 Å². The second-order valence-corrected chi connectivity index (χ2v) is 5.96. The van der Waals surface area contributed by atoms with Gasteiger partial charge in [-0.25, -0.2) is 4.79 Å². The Bertz CT molecular complexity index is 639. The zero-order chi connectivity index (χ0) is 14.8. The van der Waals surface area contributed by atoms with Crippen LogP contribution in [0, 0.1) is 5.92 Å². The minimum atomic E-state index is -1.07. The molecule has 1 aliphatic rings. The van der Waals surface area contributed by atoms with Gasteiger partial charge in [0.05, 0.1) is 0 Å². The van der Waals surface area contributed by atoms with E-state index < -0.39 is 5.97 Å². The van der Waals surface area contributed by atoms with Crippen molar-refractivity contribution in [3.63, 3.8) is 0 Å². The molecule has 4 nitrogen and oxygen atoms in total. The van der Waals surface area contributed by atoms with Crippen LogP contribution in [-0.4, -0.2) is 16.2 Å². The third kappa shape index (κ3) is 2.99. The summed E-state index contributed by atoms with van der Waals surface area (Å²) in [6.07, 6.45) is 5.00. The Morgan fingerprint density at radius 1 is 1.24 bits per heavy atom. The van der Waals surface area contributed by atoms with Gasteiger partial charge in [-0.3, -0.25) is 0 Å². The molecule has 4 heteroatoms. The molecule has 0 spiro atoms. The van der Waals surface area contributed by atoms with Crippen molar-refractivity contribution in [2.24, 2.45) is 5.92 Å². The second kappa shape index (κ2) is 5.72. The maximum absolute atomic E-state index is 10.9. The molecule has 1 saturated carbocycles. The first-order chi connectivity index (χ1) is 10.1. The van der Waals surface area contributed by atoms with Crippen LogP contribution in [0.1, 0.15) is 54.6 Å². The lowest BCUT2D eigenvalue weighted by atomic mass is 9.79. The van der Waals surface area contributed by atoms with E-state index in [0.717, 1.165) is 11.5 Å². The fourth-order valence-corrected chi connectivity index (χ4v) is 3.05. The highest BCUT2D eigenvalue weighted by atomic mass is 16.5. The van der Waals surface area contributed by atoms with Crippen LogP contribution in [0.4, 0.5) is 0 Å². The van der Waals surface area contributed by atoms with E-state index in [1.807, 2.05) is 12.1 Å². The van der Waals surface area contributed by atoms with Crippen LogP contribution in [-0.2, 0) is 0 Å². The molecule has 0 unspecified atom stereocenters. The molecule has 1 fully saturated rings. The van der Waals surface area contributed by atoms with E-state index >= 15 is 0 Å². The lowest BCUT2D eigenvalue weighted by molar-refractivity contribution is 0.0686. The van der Waals surface area contributed by atoms with Crippen molar-refractivity contribution in [2.45, 2.75) is 38.5 Å². The Balaban J connectivity index is 1.83. The highest BCUT2D eigenvalue weighted by Crippen LogP contribution is 2.36. The number of carboxylic acid groups (broad SMARTS) is 1. The van der Waals surface area contributed by atoms with Crippen LogP contribution in [0.15, 0.2) is 34.9 Å². The molecule has 0 saturated heterocycles. The van der Waals surface area contributed by atoms with Gasteiger partial charge in [-0.15, -0.1) is 0 Å². The summed E-state index contributed by atoms with van der Waals surface area (Å²) in [5.74, 6) is 0.876. The summed E-state index contributed by atoms with van der Waals surface area (Å²) in [5, 5.41) is 12.5. The van der Waals surface area contributed by atoms with E-state index in [4.69, 9.17) is 9.63 Å². The number of aromatic carboxylic acids is 1. The number of aromatic nitrogens is 1. The van der Waals surface area contributed by atoms with Crippen LogP contribution in [0.3, 0.4) is 0 Å². The van der Waals surface area contributed by atoms with E-state index in [1.165, 1.54) is 37.3 Å². The number of carbonyl (C=O) groups is 1. The Kier molecular flexibility index (Phi) is 3.78. The third-order valence-corrected chi connectivity index (χ3v) is 4.39. The van der Waals surface area contributed by atoms with Crippen molar-refractivity contribution < 1.29 is 14.4 Å². The molecule has 2 aromatic rings. The zero-order valence-corrected chi connectivity index (χ0v) is 12.1. The van der Waals surface area contributed by atoms with Crippen molar-refractivity contribution in [3.05, 3.63) is 41.6 Å². The first-order valence-electron chi connectivity index (χ1n) is 7.44. The average molecular weight is 285 g/mol. The number of hydrogen-bond donors (Lipinski definition) is 1. The molecule has 21 heavy (non-hydrogen) atoms. The van der Waals surface area contributed by atoms with E-state index in [0.29, 0.717) is 11.7 Å². The van der Waals surface area contributed by atoms with Gasteiger partial charge in [-0.2, -0.15) is 0 Å². The Labute approximate surface area is 123 Å². The maximum Gasteiger partial charge on any atom is 0.358 e. The van der Waals surface area contributed by atoms with Crippen LogP contribution in [0.25, 0.3) is 11.3 Å². The van der Waals surface area contributed by atoms with Gasteiger partial charge in [0.1, 0.15) is 0 Å². The summed E-state index contributed by atoms with van der Waals surface area (Å²) in [7, 11) is 0. The molecular weight excluding hydrogens is 266 g/mol. The summed E-state index contributed by atoms with van der Waals surface area (Å²) >= 11 is 0. The van der Waals surface area contributed by atoms with Gasteiger partial charge in [0.2, 0.25) is 0 Å². The predicted molar refractivity (Wildman–Crippen MR) is 79.3 cm³/mol. The molecule has 0 amide bonds. The summed E-state index contributed by atoms with van der Waals surface area (Å²) in [4.78, 5) is 10.9. The van der Waals surface area contributed by atoms with Crippen LogP contribution < -0.4 is 0 Å². The molecule has 1 N–H and O–H groups in total. The molecule has 0 radical (unpaired) electrons. The molecule has 3 rings (SSSR count). The number of benzene rings is 1. The zero-order valence-electron chi connectivity index (χ0n) is 12.1. The largest absolute Gasteiger partial charge is 0.476 e. The first kappa shape index (κ1) is 13.9. The molecule has 0 bridgehead atoms. The monoisotopic (exact) mass is 285 g/mol. The maximum atomic E-state index is 10.9. The minimum absolute atomic E-state index is 0.0538. The van der Waals surface area contributed by atoms with E-state index in [1.54, 1.807) is 0 Å². The smallest absolute Gasteiger partial charge is 0.358 e. The van der Waals surface area contributed by atoms with E-state index in [2.05, 4.69) is 24.2 Å². The number of carboxylic acids is 1. The SMILES string of the molecule is CC1CCC(c2cccc(-c3cc(C(=O)O)no3)c2)CC1. The van der Waals surface area contributed by atoms with Gasteiger partial charge >= 0.3 is 5.97 Å². The molecule has 110 valence electrons. The van der Waals surface area contributed by atoms with Gasteiger partial charge in [-0.05, 0) is 36.3 Å². The lowest BCUT2D eigenvalue weighted by Gasteiger charge is -2.26. The molecule has 0 aliphatic heterocycles. The molecular formula is C17H19NO3. The first-order valence-corrected chi connectivity index (χ1v) is 7.44. The summed E-state index contributed by atoms with van der Waals surface area (Å²) < 4.78 is 5.14. The molecule has 1 aromatic carbocycles. The van der Waals surface area contributed by atoms with E-state index in [-0.39, 0.29) is 5.69 Å². The average Bonchev–Trinajstić information content (AvgIpc) is 2.98. The summed E-state index contributed by atoms with van der Waals surface area (Å²) in [6, 6.07) is 9.67. The second-order valence-electron chi connectivity index (χ2n) is 5.96. The van der Waals surface area contributed by atoms with Gasteiger partial charge in [0.15, 0.2) is 11.5 Å². The standard InChI is InChI=1S/C17H19NO3/c1-11-5-7-12(8-6-11)13-3-2-4-14(9-13)16-10-15(17(19)20)18-21-16/h2-4,9-12H,5-8H2,1H3,(H,19,20). The molecule has 1 aromatic heterocycles. The summed E-state index contributed by atoms with van der Waals surface area (Å²) in [5.41, 5.74) is 2.15. The van der Waals surface area contributed by atoms with E-state index in [9.17, 15) is 4.79 Å². The van der Waals surface area contributed by atoms with Crippen molar-refractivity contribution in [1.29, 1.82) is 0 Å². The van der Waals surface area contributed by atoms with Crippen LogP contribution >= 0.6 is 0 Å². The fraction of sp³-hybridized carbons (Fsp3) is 0.412. The summed E-state index contributed by atoms with van der Waals surface area (Å²) in [6.45, 7) is 2.31. The number of rotatable bonds is 3. The Hall–Kier alpha value is -2.10. The van der Waals surface area contributed by atoms with Crippen molar-refractivity contribution in [3.8, 4) is 11.3 Å². The highest BCUT2D eigenvalue weighted by molar-refractivity contribution is 5.86. The van der Waals surface area contributed by atoms with Gasteiger partial charge in [0, 0.05) is 11.6 Å². The highest BCUT2D eigenvalue weighted by Gasteiger charge is 2.20. The Morgan fingerprint density at radius 3 is 2.67 bits per heavy atom. The quantitative estimate of drug-likeness (QED) is 0.911. The van der Waals surface area contributed by atoms with Gasteiger partial charge in [-0.1, -0.05) is 43.1 Å². The normalized spacial score (nSPS) is 22.1.